The molecule has 0 aliphatic rings. The molecule has 1 unspecified atom stereocenters. The molecule has 3 rings (SSSR count). The largest absolute Gasteiger partial charge is 0.366 e. The van der Waals surface area contributed by atoms with Crippen molar-refractivity contribution >= 4 is 16.5 Å². The van der Waals surface area contributed by atoms with Crippen molar-refractivity contribution in [3.8, 4) is 6.07 Å². The van der Waals surface area contributed by atoms with Gasteiger partial charge in [0.25, 0.3) is 0 Å². The van der Waals surface area contributed by atoms with E-state index in [4.69, 9.17) is 0 Å². The first-order chi connectivity index (χ1) is 10.3. The van der Waals surface area contributed by atoms with Gasteiger partial charge in [-0.05, 0) is 30.0 Å². The fourth-order valence-electron chi connectivity index (χ4n) is 2.45. The number of rotatable bonds is 3. The van der Waals surface area contributed by atoms with Gasteiger partial charge in [0, 0.05) is 29.0 Å². The Morgan fingerprint density at radius 2 is 1.95 bits per heavy atom. The summed E-state index contributed by atoms with van der Waals surface area (Å²) in [5.74, 6) is 0. The van der Waals surface area contributed by atoms with Crippen LogP contribution in [-0.2, 0) is 0 Å². The summed E-state index contributed by atoms with van der Waals surface area (Å²) in [6.07, 6.45) is 3.58. The molecule has 102 valence electrons. The zero-order valence-electron chi connectivity index (χ0n) is 11.7. The molecule has 0 saturated carbocycles. The van der Waals surface area contributed by atoms with Crippen molar-refractivity contribution in [1.82, 2.24) is 4.98 Å². The molecule has 3 heteroatoms. The van der Waals surface area contributed by atoms with Crippen LogP contribution in [0.4, 0.5) is 5.69 Å². The van der Waals surface area contributed by atoms with Gasteiger partial charge in [-0.2, -0.15) is 5.26 Å². The monoisotopic (exact) mass is 273 g/mol. The predicted molar refractivity (Wildman–Crippen MR) is 84.9 cm³/mol. The molecule has 0 fully saturated rings. The van der Waals surface area contributed by atoms with Crippen LogP contribution in [0.2, 0.25) is 0 Å². The highest BCUT2D eigenvalue weighted by atomic mass is 14.9. The zero-order valence-corrected chi connectivity index (χ0v) is 11.7. The summed E-state index contributed by atoms with van der Waals surface area (Å²) >= 11 is 0. The molecule has 21 heavy (non-hydrogen) atoms. The summed E-state index contributed by atoms with van der Waals surface area (Å²) in [7, 11) is 0. The Kier molecular flexibility index (Phi) is 3.53. The summed E-state index contributed by atoms with van der Waals surface area (Å²) in [4.78, 5) is 4.25. The van der Waals surface area contributed by atoms with Gasteiger partial charge in [0.1, 0.15) is 6.04 Å². The Balaban J connectivity index is 2.01. The van der Waals surface area contributed by atoms with Gasteiger partial charge in [0.15, 0.2) is 0 Å². The lowest BCUT2D eigenvalue weighted by molar-refractivity contribution is 0.996. The number of aryl methyl sites for hydroxylation is 1. The SMILES string of the molecule is Cc1cccc(NC(C#N)c2cncc3ccccc23)c1. The first kappa shape index (κ1) is 13.1. The molecular formula is C18H15N3. The Labute approximate surface area is 123 Å². The second-order valence-corrected chi connectivity index (χ2v) is 5.03. The summed E-state index contributed by atoms with van der Waals surface area (Å²) in [5.41, 5.74) is 3.00. The molecule has 1 aromatic heterocycles. The number of pyridine rings is 1. The highest BCUT2D eigenvalue weighted by Crippen LogP contribution is 2.26. The number of hydrogen-bond acceptors (Lipinski definition) is 3. The maximum absolute atomic E-state index is 9.53. The number of hydrogen-bond donors (Lipinski definition) is 1. The van der Waals surface area contributed by atoms with Gasteiger partial charge < -0.3 is 5.32 Å². The van der Waals surface area contributed by atoms with E-state index < -0.39 is 6.04 Å². The van der Waals surface area contributed by atoms with E-state index in [0.717, 1.165) is 27.6 Å². The molecule has 3 aromatic rings. The molecule has 2 aromatic carbocycles. The quantitative estimate of drug-likeness (QED) is 0.777. The van der Waals surface area contributed by atoms with E-state index in [1.165, 1.54) is 0 Å². The van der Waals surface area contributed by atoms with Crippen molar-refractivity contribution in [2.75, 3.05) is 5.32 Å². The summed E-state index contributed by atoms with van der Waals surface area (Å²) in [6.45, 7) is 2.03. The topological polar surface area (TPSA) is 48.7 Å². The average Bonchev–Trinajstić information content (AvgIpc) is 2.52. The lowest BCUT2D eigenvalue weighted by Crippen LogP contribution is -2.09. The fraction of sp³-hybridized carbons (Fsp3) is 0.111. The van der Waals surface area contributed by atoms with E-state index in [9.17, 15) is 5.26 Å². The van der Waals surface area contributed by atoms with E-state index in [0.29, 0.717) is 0 Å². The highest BCUT2D eigenvalue weighted by molar-refractivity contribution is 5.85. The van der Waals surface area contributed by atoms with E-state index in [2.05, 4.69) is 16.4 Å². The molecule has 1 N–H and O–H groups in total. The predicted octanol–water partition coefficient (Wildman–Crippen LogP) is 4.22. The van der Waals surface area contributed by atoms with Gasteiger partial charge in [-0.15, -0.1) is 0 Å². The number of anilines is 1. The number of nitrogens with one attached hydrogen (secondary N) is 1. The Bertz CT molecular complexity index is 813. The molecule has 1 atom stereocenters. The molecule has 3 nitrogen and oxygen atoms in total. The maximum atomic E-state index is 9.53. The Morgan fingerprint density at radius 1 is 1.10 bits per heavy atom. The minimum absolute atomic E-state index is 0.426. The van der Waals surface area contributed by atoms with Crippen molar-refractivity contribution in [2.45, 2.75) is 13.0 Å². The van der Waals surface area contributed by atoms with Gasteiger partial charge in [-0.25, -0.2) is 0 Å². The minimum atomic E-state index is -0.426. The van der Waals surface area contributed by atoms with Crippen LogP contribution in [0.25, 0.3) is 10.8 Å². The number of nitrogens with zero attached hydrogens (tertiary/aromatic N) is 2. The standard InChI is InChI=1S/C18H15N3/c1-13-5-4-7-15(9-13)21-18(10-19)17-12-20-11-14-6-2-3-8-16(14)17/h2-9,11-12,18,21H,1H3. The number of benzene rings is 2. The fourth-order valence-corrected chi connectivity index (χ4v) is 2.45. The van der Waals surface area contributed by atoms with Crippen molar-refractivity contribution in [3.05, 3.63) is 72.1 Å². The van der Waals surface area contributed by atoms with Crippen molar-refractivity contribution in [3.63, 3.8) is 0 Å². The number of fused-ring (bicyclic) bond motifs is 1. The molecule has 0 amide bonds. The lowest BCUT2D eigenvalue weighted by atomic mass is 10.0. The van der Waals surface area contributed by atoms with Gasteiger partial charge in [0.05, 0.1) is 6.07 Å². The zero-order chi connectivity index (χ0) is 14.7. The summed E-state index contributed by atoms with van der Waals surface area (Å²) in [6, 6.07) is 17.9. The molecule has 0 radical (unpaired) electrons. The highest BCUT2D eigenvalue weighted by Gasteiger charge is 2.14. The van der Waals surface area contributed by atoms with E-state index in [1.54, 1.807) is 6.20 Å². The van der Waals surface area contributed by atoms with Crippen molar-refractivity contribution in [1.29, 1.82) is 5.26 Å². The summed E-state index contributed by atoms with van der Waals surface area (Å²) < 4.78 is 0. The van der Waals surface area contributed by atoms with Crippen LogP contribution in [0.15, 0.2) is 60.9 Å². The van der Waals surface area contributed by atoms with E-state index in [1.807, 2.05) is 61.7 Å². The van der Waals surface area contributed by atoms with Crippen LogP contribution in [0.5, 0.6) is 0 Å². The molecule has 0 bridgehead atoms. The first-order valence-corrected chi connectivity index (χ1v) is 6.83. The number of nitriles is 1. The minimum Gasteiger partial charge on any atom is -0.366 e. The van der Waals surface area contributed by atoms with Gasteiger partial charge >= 0.3 is 0 Å². The van der Waals surface area contributed by atoms with Crippen LogP contribution in [0, 0.1) is 18.3 Å². The molecular weight excluding hydrogens is 258 g/mol. The third-order valence-electron chi connectivity index (χ3n) is 3.47. The normalized spacial score (nSPS) is 11.8. The van der Waals surface area contributed by atoms with Gasteiger partial charge in [-0.3, -0.25) is 4.98 Å². The van der Waals surface area contributed by atoms with E-state index in [-0.39, 0.29) is 0 Å². The third kappa shape index (κ3) is 2.70. The smallest absolute Gasteiger partial charge is 0.142 e. The van der Waals surface area contributed by atoms with Gasteiger partial charge in [0.2, 0.25) is 0 Å². The second kappa shape index (κ2) is 5.64. The third-order valence-corrected chi connectivity index (χ3v) is 3.47. The van der Waals surface area contributed by atoms with Crippen LogP contribution in [0.1, 0.15) is 17.2 Å². The first-order valence-electron chi connectivity index (χ1n) is 6.83. The van der Waals surface area contributed by atoms with E-state index >= 15 is 0 Å². The maximum Gasteiger partial charge on any atom is 0.142 e. The average molecular weight is 273 g/mol. The van der Waals surface area contributed by atoms with Gasteiger partial charge in [-0.1, -0.05) is 36.4 Å². The lowest BCUT2D eigenvalue weighted by Gasteiger charge is -2.15. The number of aromatic nitrogens is 1. The molecule has 1 heterocycles. The molecule has 0 saturated heterocycles. The molecule has 0 aliphatic heterocycles. The van der Waals surface area contributed by atoms with Crippen LogP contribution in [0.3, 0.4) is 0 Å². The second-order valence-electron chi connectivity index (χ2n) is 5.03. The van der Waals surface area contributed by atoms with Crippen LogP contribution >= 0.6 is 0 Å². The van der Waals surface area contributed by atoms with Crippen molar-refractivity contribution in [2.24, 2.45) is 0 Å². The van der Waals surface area contributed by atoms with Crippen molar-refractivity contribution < 1.29 is 0 Å². The Morgan fingerprint density at radius 3 is 2.76 bits per heavy atom. The Hall–Kier alpha value is -2.86. The molecule has 0 spiro atoms. The summed E-state index contributed by atoms with van der Waals surface area (Å²) in [5, 5.41) is 14.9. The molecule has 0 aliphatic carbocycles. The van der Waals surface area contributed by atoms with Crippen LogP contribution < -0.4 is 5.32 Å². The van der Waals surface area contributed by atoms with Crippen LogP contribution in [-0.4, -0.2) is 4.98 Å².